The molecule has 0 radical (unpaired) electrons. The number of aromatic amines is 1. The van der Waals surface area contributed by atoms with Crippen molar-refractivity contribution in [3.05, 3.63) is 91.4 Å². The molecule has 0 amide bonds. The van der Waals surface area contributed by atoms with Crippen molar-refractivity contribution in [1.82, 2.24) is 9.97 Å². The van der Waals surface area contributed by atoms with Crippen LogP contribution in [0.25, 0.3) is 43.9 Å². The first kappa shape index (κ1) is 14.0. The van der Waals surface area contributed by atoms with E-state index in [1.807, 2.05) is 18.6 Å². The number of hydrogen-bond donors (Lipinski definition) is 1. The van der Waals surface area contributed by atoms with Gasteiger partial charge in [0.25, 0.3) is 0 Å². The van der Waals surface area contributed by atoms with Crippen LogP contribution in [0.4, 0.5) is 0 Å². The fourth-order valence-electron chi connectivity index (χ4n) is 3.72. The normalized spacial score (nSPS) is 11.2. The van der Waals surface area contributed by atoms with Gasteiger partial charge in [-0.15, -0.1) is 0 Å². The van der Waals surface area contributed by atoms with E-state index in [9.17, 15) is 0 Å². The zero-order valence-corrected chi connectivity index (χ0v) is 13.6. The van der Waals surface area contributed by atoms with E-state index < -0.39 is 0 Å². The summed E-state index contributed by atoms with van der Waals surface area (Å²) in [7, 11) is 0. The fourth-order valence-corrected chi connectivity index (χ4v) is 3.72. The van der Waals surface area contributed by atoms with Crippen LogP contribution in [0.15, 0.2) is 91.4 Å². The van der Waals surface area contributed by atoms with Crippen LogP contribution in [0.5, 0.6) is 0 Å². The van der Waals surface area contributed by atoms with Gasteiger partial charge in [0, 0.05) is 29.5 Å². The molecule has 2 heteroatoms. The largest absolute Gasteiger partial charge is 0.361 e. The van der Waals surface area contributed by atoms with E-state index in [4.69, 9.17) is 0 Å². The fraction of sp³-hybridized carbons (Fsp3) is 0. The van der Waals surface area contributed by atoms with Crippen molar-refractivity contribution in [2.75, 3.05) is 0 Å². The van der Waals surface area contributed by atoms with Crippen LogP contribution in [0.3, 0.4) is 0 Å². The van der Waals surface area contributed by atoms with Crippen molar-refractivity contribution in [2.45, 2.75) is 0 Å². The molecule has 2 heterocycles. The Hall–Kier alpha value is -3.39. The molecule has 0 fully saturated rings. The lowest BCUT2D eigenvalue weighted by Gasteiger charge is -2.15. The minimum atomic E-state index is 1.18. The Morgan fingerprint density at radius 1 is 0.560 bits per heavy atom. The molecular formula is C23H16N2. The minimum absolute atomic E-state index is 1.18. The third-order valence-corrected chi connectivity index (χ3v) is 4.76. The molecule has 0 saturated heterocycles. The van der Waals surface area contributed by atoms with E-state index in [1.54, 1.807) is 0 Å². The lowest BCUT2D eigenvalue weighted by molar-refractivity contribution is 1.33. The summed E-state index contributed by atoms with van der Waals surface area (Å²) in [6.07, 6.45) is 5.74. The van der Waals surface area contributed by atoms with Gasteiger partial charge >= 0.3 is 0 Å². The van der Waals surface area contributed by atoms with E-state index in [0.717, 1.165) is 0 Å². The van der Waals surface area contributed by atoms with E-state index >= 15 is 0 Å². The molecule has 0 aliphatic carbocycles. The molecule has 2 nitrogen and oxygen atoms in total. The lowest BCUT2D eigenvalue weighted by Crippen LogP contribution is -1.89. The van der Waals surface area contributed by atoms with Gasteiger partial charge in [-0.2, -0.15) is 0 Å². The number of pyridine rings is 1. The molecule has 0 aliphatic heterocycles. The molecule has 25 heavy (non-hydrogen) atoms. The third kappa shape index (κ3) is 2.15. The number of hydrogen-bond acceptors (Lipinski definition) is 1. The summed E-state index contributed by atoms with van der Waals surface area (Å²) in [4.78, 5) is 7.65. The summed E-state index contributed by atoms with van der Waals surface area (Å²) < 4.78 is 0. The molecule has 2 aromatic heterocycles. The van der Waals surface area contributed by atoms with Gasteiger partial charge in [0.15, 0.2) is 0 Å². The Morgan fingerprint density at radius 3 is 1.96 bits per heavy atom. The van der Waals surface area contributed by atoms with Crippen LogP contribution in [0.1, 0.15) is 0 Å². The van der Waals surface area contributed by atoms with Gasteiger partial charge in [-0.25, -0.2) is 0 Å². The van der Waals surface area contributed by atoms with Crippen molar-refractivity contribution >= 4 is 21.7 Å². The Labute approximate surface area is 145 Å². The molecule has 0 bridgehead atoms. The topological polar surface area (TPSA) is 28.7 Å². The maximum atomic E-state index is 4.18. The third-order valence-electron chi connectivity index (χ3n) is 4.76. The van der Waals surface area contributed by atoms with Crippen LogP contribution in [0.2, 0.25) is 0 Å². The summed E-state index contributed by atoms with van der Waals surface area (Å²) in [6.45, 7) is 0. The Bertz CT molecular complexity index is 1080. The van der Waals surface area contributed by atoms with Crippen LogP contribution in [-0.4, -0.2) is 9.97 Å². The second-order valence-electron chi connectivity index (χ2n) is 6.16. The first-order valence-corrected chi connectivity index (χ1v) is 8.41. The average molecular weight is 320 g/mol. The minimum Gasteiger partial charge on any atom is -0.361 e. The molecule has 118 valence electrons. The molecule has 0 aliphatic rings. The summed E-state index contributed by atoms with van der Waals surface area (Å²) in [5.41, 5.74) is 6.11. The maximum Gasteiger partial charge on any atom is 0.0546 e. The van der Waals surface area contributed by atoms with Crippen molar-refractivity contribution in [3.8, 4) is 22.3 Å². The second kappa shape index (κ2) is 5.60. The van der Waals surface area contributed by atoms with Gasteiger partial charge in [-0.1, -0.05) is 54.6 Å². The SMILES string of the molecule is c1ccc(-c2c3ccccc3c(-c3ccncc3)c3cc[nH]c23)cc1. The van der Waals surface area contributed by atoms with Crippen molar-refractivity contribution < 1.29 is 0 Å². The zero-order valence-electron chi connectivity index (χ0n) is 13.6. The van der Waals surface area contributed by atoms with E-state index in [0.29, 0.717) is 0 Å². The van der Waals surface area contributed by atoms with Crippen LogP contribution in [0, 0.1) is 0 Å². The molecule has 5 rings (SSSR count). The van der Waals surface area contributed by atoms with Gasteiger partial charge in [0.05, 0.1) is 5.52 Å². The molecule has 5 aromatic rings. The van der Waals surface area contributed by atoms with Crippen LogP contribution >= 0.6 is 0 Å². The zero-order chi connectivity index (χ0) is 16.6. The van der Waals surface area contributed by atoms with Crippen molar-refractivity contribution in [3.63, 3.8) is 0 Å². The molecule has 0 spiro atoms. The molecule has 0 unspecified atom stereocenters. The summed E-state index contributed by atoms with van der Waals surface area (Å²) >= 11 is 0. The highest BCUT2D eigenvalue weighted by Crippen LogP contribution is 2.42. The summed E-state index contributed by atoms with van der Waals surface area (Å²) in [5.74, 6) is 0. The number of aromatic nitrogens is 2. The van der Waals surface area contributed by atoms with Gasteiger partial charge in [-0.3, -0.25) is 4.98 Å². The van der Waals surface area contributed by atoms with Gasteiger partial charge < -0.3 is 4.98 Å². The highest BCUT2D eigenvalue weighted by molar-refractivity contribution is 6.20. The molecule has 3 aromatic carbocycles. The van der Waals surface area contributed by atoms with E-state index in [-0.39, 0.29) is 0 Å². The first-order chi connectivity index (χ1) is 12.4. The predicted octanol–water partition coefficient (Wildman–Crippen LogP) is 6.05. The quantitative estimate of drug-likeness (QED) is 0.421. The standard InChI is InChI=1S/C23H16N2/c1-2-6-16(7-3-1)22-19-9-5-4-8-18(19)21(17-10-13-24-14-11-17)20-12-15-25-23(20)22/h1-15,25H. The monoisotopic (exact) mass is 320 g/mol. The van der Waals surface area contributed by atoms with Crippen LogP contribution in [-0.2, 0) is 0 Å². The molecule has 0 atom stereocenters. The van der Waals surface area contributed by atoms with Gasteiger partial charge in [-0.05, 0) is 45.7 Å². The van der Waals surface area contributed by atoms with E-state index in [1.165, 1.54) is 43.9 Å². The summed E-state index contributed by atoms with van der Waals surface area (Å²) in [5, 5.41) is 3.76. The van der Waals surface area contributed by atoms with Gasteiger partial charge in [0.1, 0.15) is 0 Å². The Kier molecular flexibility index (Phi) is 3.14. The molecular weight excluding hydrogens is 304 g/mol. The number of nitrogens with zero attached hydrogens (tertiary/aromatic N) is 1. The number of nitrogens with one attached hydrogen (secondary N) is 1. The van der Waals surface area contributed by atoms with Crippen molar-refractivity contribution in [1.29, 1.82) is 0 Å². The molecule has 1 N–H and O–H groups in total. The Morgan fingerprint density at radius 2 is 1.20 bits per heavy atom. The number of fused-ring (bicyclic) bond motifs is 2. The van der Waals surface area contributed by atoms with Gasteiger partial charge in [0.2, 0.25) is 0 Å². The Balaban J connectivity index is 2.00. The first-order valence-electron chi connectivity index (χ1n) is 8.41. The highest BCUT2D eigenvalue weighted by Gasteiger charge is 2.16. The van der Waals surface area contributed by atoms with E-state index in [2.05, 4.69) is 82.8 Å². The lowest BCUT2D eigenvalue weighted by atomic mass is 9.89. The average Bonchev–Trinajstić information content (AvgIpc) is 3.16. The second-order valence-corrected chi connectivity index (χ2v) is 6.16. The van der Waals surface area contributed by atoms with Crippen molar-refractivity contribution in [2.24, 2.45) is 0 Å². The predicted molar refractivity (Wildman–Crippen MR) is 104 cm³/mol. The smallest absolute Gasteiger partial charge is 0.0546 e. The number of rotatable bonds is 2. The highest BCUT2D eigenvalue weighted by atomic mass is 14.7. The maximum absolute atomic E-state index is 4.18. The van der Waals surface area contributed by atoms with Crippen LogP contribution < -0.4 is 0 Å². The number of benzene rings is 3. The summed E-state index contributed by atoms with van der Waals surface area (Å²) in [6, 6.07) is 25.6. The number of H-pyrrole nitrogens is 1. The molecule has 0 saturated carbocycles.